The van der Waals surface area contributed by atoms with Crippen molar-refractivity contribution in [3.8, 4) is 0 Å². The van der Waals surface area contributed by atoms with Gasteiger partial charge in [-0.2, -0.15) is 0 Å². The molecular weight excluding hydrogens is 374 g/mol. The van der Waals surface area contributed by atoms with Crippen molar-refractivity contribution in [1.82, 2.24) is 0 Å². The molecule has 0 spiro atoms. The number of hydrogen-bond acceptors (Lipinski definition) is 0. The van der Waals surface area contributed by atoms with E-state index in [9.17, 15) is 0 Å². The Labute approximate surface area is 105 Å². The Bertz CT molecular complexity index is 83.9. The molecule has 0 nitrogen and oxygen atoms in total. The number of rotatable bonds is 8. The van der Waals surface area contributed by atoms with Gasteiger partial charge in [0.2, 0.25) is 0 Å². The van der Waals surface area contributed by atoms with Crippen LogP contribution >= 0.6 is 45.2 Å². The lowest BCUT2D eigenvalue weighted by Gasteiger charge is -2.06. The maximum Gasteiger partial charge on any atom is 0.0109 e. The van der Waals surface area contributed by atoms with Crippen molar-refractivity contribution < 1.29 is 0 Å². The highest BCUT2D eigenvalue weighted by Crippen LogP contribution is 2.17. The van der Waals surface area contributed by atoms with Gasteiger partial charge in [-0.25, -0.2) is 0 Å². The summed E-state index contributed by atoms with van der Waals surface area (Å²) >= 11 is 5.07. The van der Waals surface area contributed by atoms with Gasteiger partial charge in [0.15, 0.2) is 0 Å². The molecule has 0 aliphatic heterocycles. The smallest absolute Gasteiger partial charge is 0.0109 e. The largest absolute Gasteiger partial charge is 0.0864 e. The van der Waals surface area contributed by atoms with Crippen molar-refractivity contribution >= 4 is 45.2 Å². The highest BCUT2D eigenvalue weighted by atomic mass is 127. The van der Waals surface area contributed by atoms with Gasteiger partial charge in [-0.1, -0.05) is 77.8 Å². The van der Waals surface area contributed by atoms with E-state index in [-0.39, 0.29) is 0 Å². The van der Waals surface area contributed by atoms with E-state index < -0.39 is 0 Å². The molecule has 1 unspecified atom stereocenters. The van der Waals surface area contributed by atoms with Gasteiger partial charge in [-0.05, 0) is 23.7 Å². The van der Waals surface area contributed by atoms with Crippen LogP contribution in [0, 0.1) is 0 Å². The zero-order valence-electron chi connectivity index (χ0n) is 7.99. The third-order valence-corrected chi connectivity index (χ3v) is 4.01. The van der Waals surface area contributed by atoms with E-state index >= 15 is 0 Å². The maximum absolute atomic E-state index is 2.60. The molecule has 1 atom stereocenters. The van der Waals surface area contributed by atoms with Crippen molar-refractivity contribution in [1.29, 1.82) is 0 Å². The lowest BCUT2D eigenvalue weighted by atomic mass is 10.1. The zero-order chi connectivity index (χ0) is 9.23. The van der Waals surface area contributed by atoms with Crippen molar-refractivity contribution in [3.05, 3.63) is 0 Å². The average Bonchev–Trinajstić information content (AvgIpc) is 2.05. The Kier molecular flexibility index (Phi) is 11.8. The fraction of sp³-hybridized carbons (Fsp3) is 1.00. The molecule has 0 rings (SSSR count). The molecule has 0 aliphatic rings. The molecule has 2 heteroatoms. The molecular formula is C10H20I2. The maximum atomic E-state index is 2.60. The van der Waals surface area contributed by atoms with E-state index in [1.807, 2.05) is 0 Å². The van der Waals surface area contributed by atoms with E-state index in [0.29, 0.717) is 0 Å². The molecule has 0 saturated heterocycles. The second kappa shape index (κ2) is 10.5. The van der Waals surface area contributed by atoms with Crippen molar-refractivity contribution in [2.24, 2.45) is 0 Å². The summed E-state index contributed by atoms with van der Waals surface area (Å²) in [6.07, 6.45) is 9.96. The summed E-state index contributed by atoms with van der Waals surface area (Å²) < 4.78 is 2.27. The highest BCUT2D eigenvalue weighted by molar-refractivity contribution is 14.1. The van der Waals surface area contributed by atoms with Gasteiger partial charge in [-0.15, -0.1) is 0 Å². The number of hydrogen-bond donors (Lipinski definition) is 0. The third-order valence-electron chi connectivity index (χ3n) is 2.00. The van der Waals surface area contributed by atoms with Crippen LogP contribution < -0.4 is 0 Å². The first-order valence-corrected chi connectivity index (χ1v) is 7.78. The molecule has 12 heavy (non-hydrogen) atoms. The van der Waals surface area contributed by atoms with Crippen LogP contribution in [0.4, 0.5) is 0 Å². The van der Waals surface area contributed by atoms with E-state index in [4.69, 9.17) is 0 Å². The fourth-order valence-electron chi connectivity index (χ4n) is 1.27. The van der Waals surface area contributed by atoms with Crippen LogP contribution in [0.15, 0.2) is 0 Å². The summed E-state index contributed by atoms with van der Waals surface area (Å²) in [5.74, 6) is 0. The molecule has 0 radical (unpaired) electrons. The second-order valence-corrected chi connectivity index (χ2v) is 6.12. The summed E-state index contributed by atoms with van der Waals surface area (Å²) in [5, 5.41) is 0. The number of halogens is 2. The van der Waals surface area contributed by atoms with Gasteiger partial charge < -0.3 is 0 Å². The van der Waals surface area contributed by atoms with Crippen LogP contribution in [-0.4, -0.2) is 8.35 Å². The normalized spacial score (nSPS) is 13.2. The van der Waals surface area contributed by atoms with Crippen LogP contribution in [0.2, 0.25) is 0 Å². The van der Waals surface area contributed by atoms with Gasteiger partial charge in [-0.3, -0.25) is 0 Å². The van der Waals surface area contributed by atoms with E-state index in [1.54, 1.807) is 0 Å². The summed E-state index contributed by atoms with van der Waals surface area (Å²) in [4.78, 5) is 0. The second-order valence-electron chi connectivity index (χ2n) is 3.28. The fourth-order valence-corrected chi connectivity index (χ4v) is 2.87. The quantitative estimate of drug-likeness (QED) is 0.310. The molecule has 0 amide bonds. The molecule has 0 aromatic rings. The summed E-state index contributed by atoms with van der Waals surface area (Å²) in [6, 6.07) is 0. The summed E-state index contributed by atoms with van der Waals surface area (Å²) in [6.45, 7) is 2.28. The van der Waals surface area contributed by atoms with Crippen LogP contribution in [-0.2, 0) is 0 Å². The number of alkyl halides is 2. The minimum atomic E-state index is 0.937. The Balaban J connectivity index is 2.97. The first-order chi connectivity index (χ1) is 5.81. The molecule has 0 fully saturated rings. The molecule has 74 valence electrons. The predicted octanol–water partition coefficient (Wildman–Crippen LogP) is 4.98. The van der Waals surface area contributed by atoms with Crippen LogP contribution in [0.3, 0.4) is 0 Å². The molecule has 0 N–H and O–H groups in total. The highest BCUT2D eigenvalue weighted by Gasteiger charge is 2.00. The van der Waals surface area contributed by atoms with Crippen molar-refractivity contribution in [2.75, 3.05) is 4.43 Å². The minimum Gasteiger partial charge on any atom is -0.0864 e. The van der Waals surface area contributed by atoms with Gasteiger partial charge in [0.25, 0.3) is 0 Å². The van der Waals surface area contributed by atoms with Crippen LogP contribution in [0.5, 0.6) is 0 Å². The Morgan fingerprint density at radius 3 is 2.25 bits per heavy atom. The summed E-state index contributed by atoms with van der Waals surface area (Å²) in [5.41, 5.74) is 0. The van der Waals surface area contributed by atoms with E-state index in [0.717, 1.165) is 3.92 Å². The lowest BCUT2D eigenvalue weighted by Crippen LogP contribution is -1.96. The lowest BCUT2D eigenvalue weighted by molar-refractivity contribution is 0.608. The first-order valence-electron chi connectivity index (χ1n) is 5.01. The predicted molar refractivity (Wildman–Crippen MR) is 74.7 cm³/mol. The molecule has 0 bridgehead atoms. The van der Waals surface area contributed by atoms with Gasteiger partial charge in [0.05, 0.1) is 0 Å². The zero-order valence-corrected chi connectivity index (χ0v) is 12.3. The van der Waals surface area contributed by atoms with Gasteiger partial charge in [0.1, 0.15) is 0 Å². The molecule has 0 aromatic heterocycles. The molecule has 0 saturated carbocycles. The third kappa shape index (κ3) is 9.55. The van der Waals surface area contributed by atoms with Crippen LogP contribution in [0.1, 0.15) is 51.9 Å². The summed E-state index contributed by atoms with van der Waals surface area (Å²) in [7, 11) is 0. The SMILES string of the molecule is CCCC(I)CCCCCCI. The van der Waals surface area contributed by atoms with Crippen molar-refractivity contribution in [3.63, 3.8) is 0 Å². The molecule has 0 aliphatic carbocycles. The van der Waals surface area contributed by atoms with Crippen LogP contribution in [0.25, 0.3) is 0 Å². The average molecular weight is 394 g/mol. The topological polar surface area (TPSA) is 0 Å². The number of unbranched alkanes of at least 4 members (excludes halogenated alkanes) is 3. The standard InChI is InChI=1S/C10H20I2/c1-2-7-10(12)8-5-3-4-6-9-11/h10H,2-9H2,1H3. The molecule has 0 aromatic carbocycles. The van der Waals surface area contributed by atoms with E-state index in [1.165, 1.54) is 49.4 Å². The van der Waals surface area contributed by atoms with Gasteiger partial charge in [0, 0.05) is 3.92 Å². The van der Waals surface area contributed by atoms with E-state index in [2.05, 4.69) is 52.1 Å². The minimum absolute atomic E-state index is 0.937. The Morgan fingerprint density at radius 1 is 1.00 bits per heavy atom. The Hall–Kier alpha value is 1.46. The van der Waals surface area contributed by atoms with Crippen molar-refractivity contribution in [2.45, 2.75) is 55.8 Å². The monoisotopic (exact) mass is 394 g/mol. The van der Waals surface area contributed by atoms with Gasteiger partial charge >= 0.3 is 0 Å². The molecule has 0 heterocycles. The Morgan fingerprint density at radius 2 is 1.67 bits per heavy atom. The first kappa shape index (κ1) is 13.5.